The molecule has 0 aromatic heterocycles. The molecular weight excluding hydrogens is 393 g/mol. The van der Waals surface area contributed by atoms with E-state index in [4.69, 9.17) is 32.7 Å². The van der Waals surface area contributed by atoms with Crippen molar-refractivity contribution >= 4 is 46.5 Å². The number of benzene rings is 2. The van der Waals surface area contributed by atoms with Gasteiger partial charge in [-0.15, -0.1) is 0 Å². The van der Waals surface area contributed by atoms with E-state index in [-0.39, 0.29) is 17.4 Å². The Morgan fingerprint density at radius 1 is 1.07 bits per heavy atom. The molecule has 0 aliphatic heterocycles. The normalized spacial score (nSPS) is 11.4. The summed E-state index contributed by atoms with van der Waals surface area (Å²) in [6.45, 7) is 2.51. The molecule has 0 fully saturated rings. The summed E-state index contributed by atoms with van der Waals surface area (Å²) >= 11 is 11.8. The average molecular weight is 410 g/mol. The van der Waals surface area contributed by atoms with Gasteiger partial charge in [-0.05, 0) is 56.3 Å². The number of amides is 1. The molecule has 0 radical (unpaired) electrons. The highest BCUT2D eigenvalue weighted by Gasteiger charge is 2.19. The van der Waals surface area contributed by atoms with Gasteiger partial charge in [0.25, 0.3) is 5.91 Å². The van der Waals surface area contributed by atoms with Crippen LogP contribution in [-0.4, -0.2) is 30.4 Å². The Kier molecular flexibility index (Phi) is 7.21. The molecule has 0 heterocycles. The molecule has 8 heteroatoms. The number of anilines is 1. The molecule has 0 spiro atoms. The number of Topliss-reactive ketones (excluding diaryl/α,β-unsaturated/α-hetero) is 1. The van der Waals surface area contributed by atoms with Gasteiger partial charge in [-0.25, -0.2) is 4.79 Å². The fourth-order valence-corrected chi connectivity index (χ4v) is 2.49. The lowest BCUT2D eigenvalue weighted by Gasteiger charge is -2.14. The van der Waals surface area contributed by atoms with Crippen molar-refractivity contribution in [1.29, 1.82) is 0 Å². The van der Waals surface area contributed by atoms with Crippen molar-refractivity contribution in [2.75, 3.05) is 11.9 Å². The van der Waals surface area contributed by atoms with Gasteiger partial charge in [0.05, 0.1) is 10.7 Å². The second kappa shape index (κ2) is 9.39. The van der Waals surface area contributed by atoms with Crippen LogP contribution in [0, 0.1) is 0 Å². The van der Waals surface area contributed by atoms with Gasteiger partial charge in [-0.1, -0.05) is 23.2 Å². The van der Waals surface area contributed by atoms with Crippen LogP contribution < -0.4 is 10.1 Å². The Morgan fingerprint density at radius 3 is 2.33 bits per heavy atom. The van der Waals surface area contributed by atoms with E-state index in [1.54, 1.807) is 36.4 Å². The minimum atomic E-state index is -1.05. The van der Waals surface area contributed by atoms with Gasteiger partial charge in [0.15, 0.2) is 18.5 Å². The predicted octanol–water partition coefficient (Wildman–Crippen LogP) is 4.15. The second-order valence-corrected chi connectivity index (χ2v) is 6.46. The molecule has 0 saturated heterocycles. The number of rotatable bonds is 7. The second-order valence-electron chi connectivity index (χ2n) is 5.61. The van der Waals surface area contributed by atoms with Crippen molar-refractivity contribution in [2.45, 2.75) is 20.0 Å². The molecule has 0 unspecified atom stereocenters. The van der Waals surface area contributed by atoms with Crippen molar-refractivity contribution < 1.29 is 23.9 Å². The predicted molar refractivity (Wildman–Crippen MR) is 103 cm³/mol. The molecule has 0 aliphatic carbocycles. The fraction of sp³-hybridized carbons (Fsp3) is 0.211. The number of esters is 1. The number of halogens is 2. The van der Waals surface area contributed by atoms with E-state index in [1.165, 1.54) is 19.9 Å². The highest BCUT2D eigenvalue weighted by Crippen LogP contribution is 2.25. The highest BCUT2D eigenvalue weighted by atomic mass is 35.5. The summed E-state index contributed by atoms with van der Waals surface area (Å²) in [5, 5.41) is 3.26. The van der Waals surface area contributed by atoms with Crippen LogP contribution in [0.2, 0.25) is 10.0 Å². The lowest BCUT2D eigenvalue weighted by Crippen LogP contribution is -2.31. The largest absolute Gasteiger partial charge is 0.482 e. The van der Waals surface area contributed by atoms with E-state index in [0.717, 1.165) is 0 Å². The van der Waals surface area contributed by atoms with Crippen molar-refractivity contribution in [3.63, 3.8) is 0 Å². The summed E-state index contributed by atoms with van der Waals surface area (Å²) in [7, 11) is 0. The summed E-state index contributed by atoms with van der Waals surface area (Å²) in [6.07, 6.45) is -1.05. The summed E-state index contributed by atoms with van der Waals surface area (Å²) in [5.41, 5.74) is 0.895. The van der Waals surface area contributed by atoms with E-state index >= 15 is 0 Å². The van der Waals surface area contributed by atoms with Gasteiger partial charge in [0.1, 0.15) is 5.75 Å². The zero-order valence-electron chi connectivity index (χ0n) is 14.6. The van der Waals surface area contributed by atoms with E-state index in [0.29, 0.717) is 22.0 Å². The first-order valence-corrected chi connectivity index (χ1v) is 8.71. The van der Waals surface area contributed by atoms with Crippen molar-refractivity contribution in [2.24, 2.45) is 0 Å². The SMILES string of the molecule is CC(=O)c1ccc(OCC(=O)O[C@@H](C)C(=O)Nc2ccc(Cl)cc2Cl)cc1. The molecule has 6 nitrogen and oxygen atoms in total. The number of carbonyl (C=O) groups excluding carboxylic acids is 3. The maximum absolute atomic E-state index is 12.1. The van der Waals surface area contributed by atoms with Crippen LogP contribution in [-0.2, 0) is 14.3 Å². The number of hydrogen-bond acceptors (Lipinski definition) is 5. The standard InChI is InChI=1S/C19H17Cl2NO5/c1-11(23)13-3-6-15(7-4-13)26-10-18(24)27-12(2)19(25)22-17-8-5-14(20)9-16(17)21/h3-9,12H,10H2,1-2H3,(H,22,25)/t12-/m0/s1. The van der Waals surface area contributed by atoms with Crippen LogP contribution in [0.15, 0.2) is 42.5 Å². The third-order valence-corrected chi connectivity index (χ3v) is 4.03. The zero-order valence-corrected chi connectivity index (χ0v) is 16.1. The molecule has 1 amide bonds. The molecule has 2 rings (SSSR count). The van der Waals surface area contributed by atoms with Crippen molar-refractivity contribution in [3.05, 3.63) is 58.1 Å². The van der Waals surface area contributed by atoms with Crippen LogP contribution in [0.3, 0.4) is 0 Å². The molecule has 1 N–H and O–H groups in total. The molecule has 0 saturated carbocycles. The molecule has 0 aliphatic rings. The summed E-state index contributed by atoms with van der Waals surface area (Å²) in [4.78, 5) is 35.2. The molecule has 2 aromatic carbocycles. The summed E-state index contributed by atoms with van der Waals surface area (Å²) in [5.74, 6) is -0.919. The third kappa shape index (κ3) is 6.27. The molecule has 2 aromatic rings. The van der Waals surface area contributed by atoms with E-state index in [9.17, 15) is 14.4 Å². The highest BCUT2D eigenvalue weighted by molar-refractivity contribution is 6.36. The minimum Gasteiger partial charge on any atom is -0.482 e. The number of hydrogen-bond donors (Lipinski definition) is 1. The lowest BCUT2D eigenvalue weighted by atomic mass is 10.1. The first-order chi connectivity index (χ1) is 12.8. The Balaban J connectivity index is 1.83. The quantitative estimate of drug-likeness (QED) is 0.548. The van der Waals surface area contributed by atoms with Crippen molar-refractivity contribution in [1.82, 2.24) is 0 Å². The van der Waals surface area contributed by atoms with Crippen LogP contribution in [0.5, 0.6) is 5.75 Å². The van der Waals surface area contributed by atoms with Gasteiger partial charge < -0.3 is 14.8 Å². The molecule has 142 valence electrons. The van der Waals surface area contributed by atoms with Crippen LogP contribution in [0.4, 0.5) is 5.69 Å². The van der Waals surface area contributed by atoms with Gasteiger partial charge >= 0.3 is 5.97 Å². The van der Waals surface area contributed by atoms with Crippen LogP contribution >= 0.6 is 23.2 Å². The first-order valence-electron chi connectivity index (χ1n) is 7.95. The average Bonchev–Trinajstić information content (AvgIpc) is 2.62. The molecule has 1 atom stereocenters. The van der Waals surface area contributed by atoms with E-state index in [2.05, 4.69) is 5.32 Å². The lowest BCUT2D eigenvalue weighted by molar-refractivity contribution is -0.155. The van der Waals surface area contributed by atoms with Gasteiger partial charge in [0, 0.05) is 10.6 Å². The van der Waals surface area contributed by atoms with Crippen molar-refractivity contribution in [3.8, 4) is 5.75 Å². The Morgan fingerprint density at radius 2 is 1.74 bits per heavy atom. The fourth-order valence-electron chi connectivity index (χ4n) is 2.04. The molecular formula is C19H17Cl2NO5. The number of nitrogens with one attached hydrogen (secondary N) is 1. The monoisotopic (exact) mass is 409 g/mol. The zero-order chi connectivity index (χ0) is 20.0. The Bertz CT molecular complexity index is 852. The topological polar surface area (TPSA) is 81.7 Å². The Hall–Kier alpha value is -2.57. The van der Waals surface area contributed by atoms with Gasteiger partial charge in [-0.2, -0.15) is 0 Å². The van der Waals surface area contributed by atoms with E-state index < -0.39 is 18.0 Å². The van der Waals surface area contributed by atoms with Gasteiger partial charge in [0.2, 0.25) is 0 Å². The van der Waals surface area contributed by atoms with E-state index in [1.807, 2.05) is 0 Å². The van der Waals surface area contributed by atoms with Gasteiger partial charge in [-0.3, -0.25) is 9.59 Å². The first kappa shape index (κ1) is 20.7. The molecule has 0 bridgehead atoms. The van der Waals surface area contributed by atoms with Crippen LogP contribution in [0.25, 0.3) is 0 Å². The number of ketones is 1. The summed E-state index contributed by atoms with van der Waals surface area (Å²) in [6, 6.07) is 10.9. The maximum atomic E-state index is 12.1. The summed E-state index contributed by atoms with van der Waals surface area (Å²) < 4.78 is 10.3. The Labute approximate surface area is 166 Å². The van der Waals surface area contributed by atoms with Crippen LogP contribution in [0.1, 0.15) is 24.2 Å². The molecule has 27 heavy (non-hydrogen) atoms. The number of carbonyl (C=O) groups is 3. The number of ether oxygens (including phenoxy) is 2. The smallest absolute Gasteiger partial charge is 0.344 e. The maximum Gasteiger partial charge on any atom is 0.344 e. The third-order valence-electron chi connectivity index (χ3n) is 3.48. The minimum absolute atomic E-state index is 0.0680.